The Morgan fingerprint density at radius 1 is 1.31 bits per heavy atom. The molecule has 0 saturated heterocycles. The van der Waals surface area contributed by atoms with Gasteiger partial charge in [0.2, 0.25) is 0 Å². The van der Waals surface area contributed by atoms with Gasteiger partial charge in [-0.2, -0.15) is 0 Å². The highest BCUT2D eigenvalue weighted by atomic mass is 16.3. The quantitative estimate of drug-likeness (QED) is 0.760. The van der Waals surface area contributed by atoms with E-state index in [0.29, 0.717) is 6.54 Å². The summed E-state index contributed by atoms with van der Waals surface area (Å²) in [6, 6.07) is 7.07. The summed E-state index contributed by atoms with van der Waals surface area (Å²) in [5, 5.41) is 11.9. The van der Waals surface area contributed by atoms with E-state index in [0.717, 1.165) is 18.4 Å². The van der Waals surface area contributed by atoms with Gasteiger partial charge in [0.1, 0.15) is 5.75 Å². The second-order valence-electron chi connectivity index (χ2n) is 3.90. The maximum atomic E-state index is 11.2. The smallest absolute Gasteiger partial charge is 0.316 e. The molecule has 2 N–H and O–H groups in total. The zero-order chi connectivity index (χ0) is 12.0. The van der Waals surface area contributed by atoms with Crippen molar-refractivity contribution in [2.24, 2.45) is 0 Å². The van der Waals surface area contributed by atoms with Gasteiger partial charge in [0.05, 0.1) is 0 Å². The molecular formula is C12H18N2O2. The highest BCUT2D eigenvalue weighted by Crippen LogP contribution is 2.10. The molecule has 4 nitrogen and oxygen atoms in total. The van der Waals surface area contributed by atoms with Crippen LogP contribution in [0.15, 0.2) is 24.3 Å². The summed E-state index contributed by atoms with van der Waals surface area (Å²) in [5.41, 5.74) is 1.16. The van der Waals surface area contributed by atoms with Gasteiger partial charge in [-0.05, 0) is 30.5 Å². The van der Waals surface area contributed by atoms with Crippen LogP contribution in [-0.4, -0.2) is 36.7 Å². The Hall–Kier alpha value is -1.71. The minimum atomic E-state index is -0.0642. The third-order valence-corrected chi connectivity index (χ3v) is 2.26. The lowest BCUT2D eigenvalue weighted by Crippen LogP contribution is -2.35. The van der Waals surface area contributed by atoms with E-state index in [2.05, 4.69) is 5.32 Å². The average molecular weight is 222 g/mol. The van der Waals surface area contributed by atoms with Crippen molar-refractivity contribution in [1.29, 1.82) is 0 Å². The van der Waals surface area contributed by atoms with E-state index in [4.69, 9.17) is 5.11 Å². The summed E-state index contributed by atoms with van der Waals surface area (Å²) in [5.74, 6) is 0.282. The van der Waals surface area contributed by atoms with Gasteiger partial charge in [-0.3, -0.25) is 0 Å². The van der Waals surface area contributed by atoms with Crippen LogP contribution in [0.5, 0.6) is 5.75 Å². The molecule has 0 unspecified atom stereocenters. The predicted molar refractivity (Wildman–Crippen MR) is 63.5 cm³/mol. The summed E-state index contributed by atoms with van der Waals surface area (Å²) in [4.78, 5) is 12.7. The number of rotatable bonds is 4. The fourth-order valence-corrected chi connectivity index (χ4v) is 1.31. The number of carbonyl (C=O) groups excluding carboxylic acids is 1. The van der Waals surface area contributed by atoms with Crippen LogP contribution in [-0.2, 0) is 6.42 Å². The van der Waals surface area contributed by atoms with Gasteiger partial charge >= 0.3 is 6.03 Å². The number of urea groups is 1. The van der Waals surface area contributed by atoms with E-state index in [-0.39, 0.29) is 11.8 Å². The Morgan fingerprint density at radius 3 is 2.50 bits per heavy atom. The molecule has 0 aromatic heterocycles. The second-order valence-corrected chi connectivity index (χ2v) is 3.90. The molecule has 4 heteroatoms. The van der Waals surface area contributed by atoms with Crippen molar-refractivity contribution in [3.8, 4) is 5.75 Å². The number of hydrogen-bond acceptors (Lipinski definition) is 2. The molecule has 0 bridgehead atoms. The first kappa shape index (κ1) is 12.4. The molecule has 0 heterocycles. The second kappa shape index (κ2) is 6.00. The lowest BCUT2D eigenvalue weighted by Gasteiger charge is -2.11. The van der Waals surface area contributed by atoms with Crippen LogP contribution in [0.2, 0.25) is 0 Å². The Morgan fingerprint density at radius 2 is 1.94 bits per heavy atom. The molecule has 0 fully saturated rings. The monoisotopic (exact) mass is 222 g/mol. The topological polar surface area (TPSA) is 52.6 Å². The summed E-state index contributed by atoms with van der Waals surface area (Å²) < 4.78 is 0. The van der Waals surface area contributed by atoms with E-state index in [1.165, 1.54) is 4.90 Å². The van der Waals surface area contributed by atoms with Gasteiger partial charge in [-0.25, -0.2) is 4.79 Å². The van der Waals surface area contributed by atoms with Gasteiger partial charge in [-0.1, -0.05) is 12.1 Å². The maximum absolute atomic E-state index is 11.2. The van der Waals surface area contributed by atoms with Crippen molar-refractivity contribution >= 4 is 6.03 Å². The number of nitrogens with one attached hydrogen (secondary N) is 1. The molecule has 0 aliphatic rings. The molecule has 0 saturated carbocycles. The van der Waals surface area contributed by atoms with Gasteiger partial charge in [0.25, 0.3) is 0 Å². The third kappa shape index (κ3) is 4.21. The molecule has 0 aliphatic heterocycles. The Bertz CT molecular complexity index is 333. The van der Waals surface area contributed by atoms with E-state index in [1.807, 2.05) is 12.1 Å². The van der Waals surface area contributed by atoms with Crippen molar-refractivity contribution in [2.75, 3.05) is 20.6 Å². The molecule has 0 spiro atoms. The number of amides is 2. The zero-order valence-electron chi connectivity index (χ0n) is 9.73. The highest BCUT2D eigenvalue weighted by molar-refractivity contribution is 5.73. The Balaban J connectivity index is 2.21. The number of aromatic hydroxyl groups is 1. The van der Waals surface area contributed by atoms with Crippen molar-refractivity contribution in [1.82, 2.24) is 10.2 Å². The van der Waals surface area contributed by atoms with Crippen LogP contribution >= 0.6 is 0 Å². The summed E-state index contributed by atoms with van der Waals surface area (Å²) in [6.45, 7) is 0.665. The first-order valence-corrected chi connectivity index (χ1v) is 5.32. The van der Waals surface area contributed by atoms with E-state index >= 15 is 0 Å². The highest BCUT2D eigenvalue weighted by Gasteiger charge is 2.01. The van der Waals surface area contributed by atoms with Crippen LogP contribution in [0.3, 0.4) is 0 Å². The Kier molecular flexibility index (Phi) is 4.64. The molecule has 1 aromatic carbocycles. The number of carbonyl (C=O) groups is 1. The Labute approximate surface area is 95.9 Å². The molecule has 0 radical (unpaired) electrons. The van der Waals surface area contributed by atoms with Crippen LogP contribution in [0.4, 0.5) is 4.79 Å². The molecule has 88 valence electrons. The number of aryl methyl sites for hydroxylation is 1. The number of nitrogens with zero attached hydrogens (tertiary/aromatic N) is 1. The standard InChI is InChI=1S/C12H18N2O2/c1-14(2)12(16)13-9-3-4-10-5-7-11(15)8-6-10/h5-8,15H,3-4,9H2,1-2H3,(H,13,16). The largest absolute Gasteiger partial charge is 0.508 e. The van der Waals surface area contributed by atoms with Gasteiger partial charge in [-0.15, -0.1) is 0 Å². The molecule has 0 atom stereocenters. The van der Waals surface area contributed by atoms with Crippen LogP contribution in [0.1, 0.15) is 12.0 Å². The fourth-order valence-electron chi connectivity index (χ4n) is 1.31. The maximum Gasteiger partial charge on any atom is 0.316 e. The molecule has 0 aliphatic carbocycles. The lowest BCUT2D eigenvalue weighted by molar-refractivity contribution is 0.217. The van der Waals surface area contributed by atoms with Crippen LogP contribution < -0.4 is 5.32 Å². The minimum Gasteiger partial charge on any atom is -0.508 e. The van der Waals surface area contributed by atoms with Gasteiger partial charge in [0.15, 0.2) is 0 Å². The summed E-state index contributed by atoms with van der Waals surface area (Å²) in [7, 11) is 3.44. The summed E-state index contributed by atoms with van der Waals surface area (Å²) in [6.07, 6.45) is 1.79. The van der Waals surface area contributed by atoms with Gasteiger partial charge < -0.3 is 15.3 Å². The number of benzene rings is 1. The molecule has 2 amide bonds. The summed E-state index contributed by atoms with van der Waals surface area (Å²) >= 11 is 0. The van der Waals surface area contributed by atoms with Crippen molar-refractivity contribution < 1.29 is 9.90 Å². The zero-order valence-corrected chi connectivity index (χ0v) is 9.73. The molecule has 1 rings (SSSR count). The van der Waals surface area contributed by atoms with Crippen LogP contribution in [0, 0.1) is 0 Å². The lowest BCUT2D eigenvalue weighted by atomic mass is 10.1. The van der Waals surface area contributed by atoms with E-state index < -0.39 is 0 Å². The van der Waals surface area contributed by atoms with Crippen LogP contribution in [0.25, 0.3) is 0 Å². The third-order valence-electron chi connectivity index (χ3n) is 2.26. The molecule has 1 aromatic rings. The number of phenolic OH excluding ortho intramolecular Hbond substituents is 1. The van der Waals surface area contributed by atoms with Crippen molar-refractivity contribution in [3.05, 3.63) is 29.8 Å². The first-order chi connectivity index (χ1) is 7.59. The average Bonchev–Trinajstić information content (AvgIpc) is 2.26. The van der Waals surface area contributed by atoms with Gasteiger partial charge in [0, 0.05) is 20.6 Å². The van der Waals surface area contributed by atoms with E-state index in [9.17, 15) is 4.79 Å². The normalized spacial score (nSPS) is 9.88. The fraction of sp³-hybridized carbons (Fsp3) is 0.417. The predicted octanol–water partition coefficient (Wildman–Crippen LogP) is 1.60. The van der Waals surface area contributed by atoms with Crippen molar-refractivity contribution in [2.45, 2.75) is 12.8 Å². The van der Waals surface area contributed by atoms with E-state index in [1.54, 1.807) is 26.2 Å². The number of phenols is 1. The molecular weight excluding hydrogens is 204 g/mol. The number of hydrogen-bond donors (Lipinski definition) is 2. The SMILES string of the molecule is CN(C)C(=O)NCCCc1ccc(O)cc1. The minimum absolute atomic E-state index is 0.0642. The molecule has 16 heavy (non-hydrogen) atoms. The first-order valence-electron chi connectivity index (χ1n) is 5.32. The van der Waals surface area contributed by atoms with Crippen molar-refractivity contribution in [3.63, 3.8) is 0 Å².